The van der Waals surface area contributed by atoms with E-state index in [9.17, 15) is 4.79 Å². The van der Waals surface area contributed by atoms with Crippen LogP contribution in [0.15, 0.2) is 0 Å². The number of nitrogens with zero attached hydrogens (tertiary/aromatic N) is 1. The number of carbonyl (C=O) groups excluding carboxylic acids is 1. The van der Waals surface area contributed by atoms with E-state index in [4.69, 9.17) is 5.73 Å². The fraction of sp³-hybridized carbons (Fsp3) is 0.933. The van der Waals surface area contributed by atoms with Gasteiger partial charge in [0, 0.05) is 25.6 Å². The van der Waals surface area contributed by atoms with E-state index in [0.29, 0.717) is 24.2 Å². The zero-order valence-corrected chi connectivity index (χ0v) is 12.3. The van der Waals surface area contributed by atoms with E-state index in [1.165, 1.54) is 12.8 Å². The third-order valence-electron chi connectivity index (χ3n) is 4.37. The van der Waals surface area contributed by atoms with Crippen LogP contribution in [-0.2, 0) is 4.79 Å². The van der Waals surface area contributed by atoms with Crippen molar-refractivity contribution in [3.63, 3.8) is 0 Å². The standard InChI is InChI=1S/C15H30N2O/c1-4-12(3)11-17(5-2)15(18)10-13-8-6-7-9-14(13)16/h12-14H,4-11,16H2,1-3H3. The molecular weight excluding hydrogens is 224 g/mol. The average Bonchev–Trinajstić information content (AvgIpc) is 2.38. The fourth-order valence-electron chi connectivity index (χ4n) is 2.76. The Morgan fingerprint density at radius 2 is 2.00 bits per heavy atom. The van der Waals surface area contributed by atoms with Gasteiger partial charge < -0.3 is 10.6 Å². The number of rotatable bonds is 6. The molecule has 0 aliphatic heterocycles. The highest BCUT2D eigenvalue weighted by Crippen LogP contribution is 2.26. The molecule has 0 aromatic rings. The molecular formula is C15H30N2O. The van der Waals surface area contributed by atoms with Gasteiger partial charge in [-0.15, -0.1) is 0 Å². The topological polar surface area (TPSA) is 46.3 Å². The lowest BCUT2D eigenvalue weighted by atomic mass is 9.82. The highest BCUT2D eigenvalue weighted by molar-refractivity contribution is 5.76. The maximum atomic E-state index is 12.3. The van der Waals surface area contributed by atoms with Crippen LogP contribution >= 0.6 is 0 Å². The molecule has 1 fully saturated rings. The summed E-state index contributed by atoms with van der Waals surface area (Å²) in [6.07, 6.45) is 6.49. The van der Waals surface area contributed by atoms with Crippen LogP contribution in [0.3, 0.4) is 0 Å². The Kier molecular flexibility index (Phi) is 6.69. The smallest absolute Gasteiger partial charge is 0.222 e. The molecule has 2 N–H and O–H groups in total. The molecule has 3 atom stereocenters. The van der Waals surface area contributed by atoms with Gasteiger partial charge in [0.2, 0.25) is 5.91 Å². The van der Waals surface area contributed by atoms with Crippen LogP contribution in [-0.4, -0.2) is 29.9 Å². The quantitative estimate of drug-likeness (QED) is 0.792. The molecule has 1 saturated carbocycles. The molecule has 1 aliphatic rings. The number of hydrogen-bond donors (Lipinski definition) is 1. The molecule has 1 amide bonds. The molecule has 0 bridgehead atoms. The van der Waals surface area contributed by atoms with E-state index >= 15 is 0 Å². The Balaban J connectivity index is 2.45. The van der Waals surface area contributed by atoms with Gasteiger partial charge in [-0.1, -0.05) is 33.1 Å². The summed E-state index contributed by atoms with van der Waals surface area (Å²) in [5.41, 5.74) is 6.13. The van der Waals surface area contributed by atoms with Crippen LogP contribution in [0.2, 0.25) is 0 Å². The summed E-state index contributed by atoms with van der Waals surface area (Å²) in [7, 11) is 0. The van der Waals surface area contributed by atoms with E-state index < -0.39 is 0 Å². The van der Waals surface area contributed by atoms with Crippen molar-refractivity contribution >= 4 is 5.91 Å². The number of nitrogens with two attached hydrogens (primary N) is 1. The first-order valence-electron chi connectivity index (χ1n) is 7.61. The molecule has 1 aliphatic carbocycles. The summed E-state index contributed by atoms with van der Waals surface area (Å²) >= 11 is 0. The molecule has 0 spiro atoms. The predicted molar refractivity (Wildman–Crippen MR) is 76.3 cm³/mol. The molecule has 0 heterocycles. The summed E-state index contributed by atoms with van der Waals surface area (Å²) in [4.78, 5) is 14.3. The average molecular weight is 254 g/mol. The van der Waals surface area contributed by atoms with Crippen molar-refractivity contribution in [1.82, 2.24) is 4.90 Å². The minimum Gasteiger partial charge on any atom is -0.343 e. The summed E-state index contributed by atoms with van der Waals surface area (Å²) in [6.45, 7) is 8.18. The molecule has 1 rings (SSSR count). The van der Waals surface area contributed by atoms with Crippen LogP contribution in [0.1, 0.15) is 59.3 Å². The van der Waals surface area contributed by atoms with Gasteiger partial charge >= 0.3 is 0 Å². The monoisotopic (exact) mass is 254 g/mol. The first kappa shape index (κ1) is 15.5. The lowest BCUT2D eigenvalue weighted by molar-refractivity contribution is -0.133. The number of hydrogen-bond acceptors (Lipinski definition) is 2. The van der Waals surface area contributed by atoms with Crippen LogP contribution in [0.4, 0.5) is 0 Å². The Labute approximate surface area is 112 Å². The maximum Gasteiger partial charge on any atom is 0.222 e. The van der Waals surface area contributed by atoms with Crippen molar-refractivity contribution < 1.29 is 4.79 Å². The normalized spacial score (nSPS) is 25.8. The summed E-state index contributed by atoms with van der Waals surface area (Å²) in [5.74, 6) is 1.31. The second-order valence-corrected chi connectivity index (χ2v) is 5.86. The zero-order valence-electron chi connectivity index (χ0n) is 12.3. The van der Waals surface area contributed by atoms with E-state index in [0.717, 1.165) is 32.4 Å². The molecule has 3 nitrogen and oxygen atoms in total. The van der Waals surface area contributed by atoms with Gasteiger partial charge in [0.05, 0.1) is 0 Å². The van der Waals surface area contributed by atoms with Gasteiger partial charge in [-0.3, -0.25) is 4.79 Å². The van der Waals surface area contributed by atoms with E-state index in [-0.39, 0.29) is 6.04 Å². The van der Waals surface area contributed by atoms with Crippen LogP contribution in [0.5, 0.6) is 0 Å². The summed E-state index contributed by atoms with van der Waals surface area (Å²) < 4.78 is 0. The number of carbonyl (C=O) groups is 1. The van der Waals surface area contributed by atoms with Crippen molar-refractivity contribution in [2.45, 2.75) is 65.3 Å². The molecule has 0 aromatic heterocycles. The lowest BCUT2D eigenvalue weighted by Crippen LogP contribution is -2.40. The second-order valence-electron chi connectivity index (χ2n) is 5.86. The highest BCUT2D eigenvalue weighted by Gasteiger charge is 2.26. The van der Waals surface area contributed by atoms with Crippen LogP contribution in [0, 0.1) is 11.8 Å². The summed E-state index contributed by atoms with van der Waals surface area (Å²) in [6, 6.07) is 0.241. The largest absolute Gasteiger partial charge is 0.343 e. The molecule has 3 heteroatoms. The van der Waals surface area contributed by atoms with Gasteiger partial charge in [0.25, 0.3) is 0 Å². The Bertz CT molecular complexity index is 255. The van der Waals surface area contributed by atoms with Crippen molar-refractivity contribution in [2.24, 2.45) is 17.6 Å². The van der Waals surface area contributed by atoms with Crippen molar-refractivity contribution in [2.75, 3.05) is 13.1 Å². The van der Waals surface area contributed by atoms with Gasteiger partial charge in [0.1, 0.15) is 0 Å². The van der Waals surface area contributed by atoms with Gasteiger partial charge in [-0.25, -0.2) is 0 Å². The van der Waals surface area contributed by atoms with E-state index in [1.807, 2.05) is 4.90 Å². The van der Waals surface area contributed by atoms with Crippen molar-refractivity contribution in [3.05, 3.63) is 0 Å². The third-order valence-corrected chi connectivity index (χ3v) is 4.37. The maximum absolute atomic E-state index is 12.3. The first-order valence-corrected chi connectivity index (χ1v) is 7.61. The Morgan fingerprint density at radius 3 is 2.56 bits per heavy atom. The number of amides is 1. The van der Waals surface area contributed by atoms with E-state index in [1.54, 1.807) is 0 Å². The zero-order chi connectivity index (χ0) is 13.5. The Hall–Kier alpha value is -0.570. The van der Waals surface area contributed by atoms with Gasteiger partial charge in [-0.2, -0.15) is 0 Å². The second kappa shape index (κ2) is 7.78. The molecule has 106 valence electrons. The molecule has 18 heavy (non-hydrogen) atoms. The molecule has 0 saturated heterocycles. The fourth-order valence-corrected chi connectivity index (χ4v) is 2.76. The summed E-state index contributed by atoms with van der Waals surface area (Å²) in [5, 5.41) is 0. The molecule has 0 radical (unpaired) electrons. The SMILES string of the molecule is CCC(C)CN(CC)C(=O)CC1CCCCC1N. The highest BCUT2D eigenvalue weighted by atomic mass is 16.2. The van der Waals surface area contributed by atoms with Gasteiger partial charge in [-0.05, 0) is 31.6 Å². The predicted octanol–water partition coefficient (Wildman–Crippen LogP) is 2.79. The minimum atomic E-state index is 0.241. The van der Waals surface area contributed by atoms with Gasteiger partial charge in [0.15, 0.2) is 0 Å². The van der Waals surface area contributed by atoms with Crippen molar-refractivity contribution in [1.29, 1.82) is 0 Å². The van der Waals surface area contributed by atoms with E-state index in [2.05, 4.69) is 20.8 Å². The minimum absolute atomic E-state index is 0.241. The Morgan fingerprint density at radius 1 is 1.33 bits per heavy atom. The van der Waals surface area contributed by atoms with Crippen LogP contribution < -0.4 is 5.73 Å². The molecule has 3 unspecified atom stereocenters. The third kappa shape index (κ3) is 4.60. The lowest BCUT2D eigenvalue weighted by Gasteiger charge is -2.31. The molecule has 0 aromatic carbocycles. The van der Waals surface area contributed by atoms with Crippen LogP contribution in [0.25, 0.3) is 0 Å². The first-order chi connectivity index (χ1) is 8.58. The van der Waals surface area contributed by atoms with Crippen molar-refractivity contribution in [3.8, 4) is 0 Å².